The Balaban J connectivity index is 2.51. The van der Waals surface area contributed by atoms with Crippen molar-refractivity contribution in [1.29, 1.82) is 0 Å². The fraction of sp³-hybridized carbons (Fsp3) is 1.00. The number of nitrogens with zero attached hydrogens (tertiary/aromatic N) is 1. The molecule has 0 radical (unpaired) electrons. The fourth-order valence-corrected chi connectivity index (χ4v) is 1.62. The molecule has 0 aromatic rings. The molecule has 1 aliphatic heterocycles. The van der Waals surface area contributed by atoms with E-state index in [0.717, 1.165) is 6.04 Å². The van der Waals surface area contributed by atoms with Crippen molar-refractivity contribution in [2.24, 2.45) is 5.41 Å². The summed E-state index contributed by atoms with van der Waals surface area (Å²) < 4.78 is 0. The normalized spacial score (nSPS) is 32.2. The highest BCUT2D eigenvalue weighted by Crippen LogP contribution is 2.39. The quantitative estimate of drug-likeness (QED) is 0.486. The molecule has 66 valence electrons. The third-order valence-corrected chi connectivity index (χ3v) is 2.47. The highest BCUT2D eigenvalue weighted by atomic mass is 15.4. The first-order valence-electron chi connectivity index (χ1n) is 4.49. The summed E-state index contributed by atoms with van der Waals surface area (Å²) in [7, 11) is 0. The van der Waals surface area contributed by atoms with Gasteiger partial charge in [-0.1, -0.05) is 20.8 Å². The van der Waals surface area contributed by atoms with E-state index in [4.69, 9.17) is 0 Å². The van der Waals surface area contributed by atoms with Crippen molar-refractivity contribution < 1.29 is 0 Å². The van der Waals surface area contributed by atoms with Crippen LogP contribution in [0.5, 0.6) is 0 Å². The highest BCUT2D eigenvalue weighted by Gasteiger charge is 2.47. The van der Waals surface area contributed by atoms with Crippen LogP contribution in [0.15, 0.2) is 0 Å². The van der Waals surface area contributed by atoms with Crippen LogP contribution >= 0.6 is 0 Å². The predicted octanol–water partition coefficient (Wildman–Crippen LogP) is 2.52. The van der Waals surface area contributed by atoms with Gasteiger partial charge in [-0.05, 0) is 26.2 Å². The first kappa shape index (κ1) is 9.05. The lowest BCUT2D eigenvalue weighted by molar-refractivity contribution is 0.229. The van der Waals surface area contributed by atoms with E-state index >= 15 is 0 Å². The Morgan fingerprint density at radius 3 is 1.55 bits per heavy atom. The lowest BCUT2D eigenvalue weighted by Crippen LogP contribution is -2.31. The second-order valence-electron chi connectivity index (χ2n) is 5.71. The maximum atomic E-state index is 2.56. The third kappa shape index (κ3) is 1.96. The van der Waals surface area contributed by atoms with E-state index in [1.165, 1.54) is 6.54 Å². The van der Waals surface area contributed by atoms with Gasteiger partial charge in [0.15, 0.2) is 0 Å². The maximum absolute atomic E-state index is 2.56. The van der Waals surface area contributed by atoms with Gasteiger partial charge >= 0.3 is 0 Å². The van der Waals surface area contributed by atoms with Crippen molar-refractivity contribution in [2.75, 3.05) is 6.54 Å². The van der Waals surface area contributed by atoms with E-state index in [9.17, 15) is 0 Å². The molecular formula is C10H21N. The van der Waals surface area contributed by atoms with Crippen molar-refractivity contribution in [3.8, 4) is 0 Å². The molecule has 1 fully saturated rings. The molecule has 2 atom stereocenters. The van der Waals surface area contributed by atoms with Crippen LogP contribution in [0.2, 0.25) is 0 Å². The topological polar surface area (TPSA) is 3.01 Å². The summed E-state index contributed by atoms with van der Waals surface area (Å²) in [6.45, 7) is 15.1. The van der Waals surface area contributed by atoms with Crippen molar-refractivity contribution >= 4 is 0 Å². The van der Waals surface area contributed by atoms with Crippen LogP contribution in [0, 0.1) is 5.41 Å². The molecule has 0 aromatic carbocycles. The monoisotopic (exact) mass is 155 g/mol. The van der Waals surface area contributed by atoms with Crippen LogP contribution < -0.4 is 0 Å². The van der Waals surface area contributed by atoms with E-state index in [2.05, 4.69) is 46.4 Å². The molecule has 0 aromatic heterocycles. The van der Waals surface area contributed by atoms with Crippen LogP contribution in [0.4, 0.5) is 0 Å². The summed E-state index contributed by atoms with van der Waals surface area (Å²) >= 11 is 0. The maximum Gasteiger partial charge on any atom is 0.0277 e. The van der Waals surface area contributed by atoms with Gasteiger partial charge in [0.25, 0.3) is 0 Å². The Bertz CT molecular complexity index is 129. The molecule has 0 spiro atoms. The average Bonchev–Trinajstić information content (AvgIpc) is 2.30. The predicted molar refractivity (Wildman–Crippen MR) is 49.7 cm³/mol. The molecule has 0 saturated carbocycles. The number of hydrogen-bond donors (Lipinski definition) is 0. The Labute approximate surface area is 70.8 Å². The second kappa shape index (κ2) is 2.22. The number of rotatable bonds is 0. The second-order valence-corrected chi connectivity index (χ2v) is 5.71. The minimum absolute atomic E-state index is 0.373. The lowest BCUT2D eigenvalue weighted by Gasteiger charge is -2.26. The van der Waals surface area contributed by atoms with Gasteiger partial charge in [-0.25, -0.2) is 0 Å². The third-order valence-electron chi connectivity index (χ3n) is 2.47. The van der Waals surface area contributed by atoms with Gasteiger partial charge in [-0.2, -0.15) is 0 Å². The minimum atomic E-state index is 0.373. The minimum Gasteiger partial charge on any atom is -0.292 e. The molecule has 1 heteroatoms. The summed E-state index contributed by atoms with van der Waals surface area (Å²) in [5.74, 6) is 0. The Hall–Kier alpha value is -0.0400. The van der Waals surface area contributed by atoms with Gasteiger partial charge in [0.2, 0.25) is 0 Å². The molecule has 1 rings (SSSR count). The van der Waals surface area contributed by atoms with E-state index in [1.807, 2.05) is 0 Å². The van der Waals surface area contributed by atoms with Crippen LogP contribution in [-0.2, 0) is 0 Å². The fourth-order valence-electron chi connectivity index (χ4n) is 1.62. The summed E-state index contributed by atoms with van der Waals surface area (Å²) in [5, 5.41) is 0. The molecule has 0 N–H and O–H groups in total. The molecule has 1 saturated heterocycles. The van der Waals surface area contributed by atoms with Gasteiger partial charge in [-0.3, -0.25) is 4.90 Å². The first-order valence-corrected chi connectivity index (χ1v) is 4.49. The molecule has 1 heterocycles. The lowest BCUT2D eigenvalue weighted by atomic mass is 9.91. The summed E-state index contributed by atoms with van der Waals surface area (Å²) in [4.78, 5) is 2.56. The molecule has 0 amide bonds. The molecule has 1 nitrogen and oxygen atoms in total. The van der Waals surface area contributed by atoms with Crippen molar-refractivity contribution in [2.45, 2.75) is 53.1 Å². The smallest absolute Gasteiger partial charge is 0.0277 e. The molecular weight excluding hydrogens is 134 g/mol. The van der Waals surface area contributed by atoms with Gasteiger partial charge in [-0.15, -0.1) is 0 Å². The Kier molecular flexibility index (Phi) is 1.83. The highest BCUT2D eigenvalue weighted by molar-refractivity contribution is 5.03. The number of hydrogen-bond acceptors (Lipinski definition) is 1. The zero-order chi connectivity index (χ0) is 8.86. The zero-order valence-corrected chi connectivity index (χ0v) is 8.73. The van der Waals surface area contributed by atoms with Crippen LogP contribution in [0.3, 0.4) is 0 Å². The van der Waals surface area contributed by atoms with Gasteiger partial charge in [0, 0.05) is 18.1 Å². The van der Waals surface area contributed by atoms with Crippen LogP contribution in [0.1, 0.15) is 41.5 Å². The molecule has 0 aliphatic carbocycles. The summed E-state index contributed by atoms with van der Waals surface area (Å²) in [6, 6.07) is 0.808. The summed E-state index contributed by atoms with van der Waals surface area (Å²) in [5.41, 5.74) is 0.839. The molecule has 1 aliphatic rings. The van der Waals surface area contributed by atoms with Crippen molar-refractivity contribution in [3.63, 3.8) is 0 Å². The van der Waals surface area contributed by atoms with Crippen molar-refractivity contribution in [1.82, 2.24) is 4.90 Å². The van der Waals surface area contributed by atoms with E-state index in [-0.39, 0.29) is 0 Å². The SMILES string of the molecule is CC(C)(C)[C@@H]1CN1C(C)(C)C. The van der Waals surface area contributed by atoms with Crippen molar-refractivity contribution in [3.05, 3.63) is 0 Å². The molecule has 11 heavy (non-hydrogen) atoms. The van der Waals surface area contributed by atoms with Gasteiger partial charge in [0.1, 0.15) is 0 Å². The Morgan fingerprint density at radius 2 is 1.45 bits per heavy atom. The van der Waals surface area contributed by atoms with E-state index in [1.54, 1.807) is 0 Å². The Morgan fingerprint density at radius 1 is 1.00 bits per heavy atom. The zero-order valence-electron chi connectivity index (χ0n) is 8.73. The van der Waals surface area contributed by atoms with Gasteiger partial charge < -0.3 is 0 Å². The van der Waals surface area contributed by atoms with Crippen LogP contribution in [0.25, 0.3) is 0 Å². The molecule has 1 unspecified atom stereocenters. The van der Waals surface area contributed by atoms with Crippen LogP contribution in [-0.4, -0.2) is 23.0 Å². The van der Waals surface area contributed by atoms with Gasteiger partial charge in [0.05, 0.1) is 0 Å². The first-order chi connectivity index (χ1) is 4.73. The molecule has 0 bridgehead atoms. The van der Waals surface area contributed by atoms with E-state index in [0.29, 0.717) is 11.0 Å². The standard InChI is InChI=1S/C10H21N/c1-9(2,3)8-7-11(8)10(4,5)6/h8H,7H2,1-6H3/t8-,11?/m0/s1. The summed E-state index contributed by atoms with van der Waals surface area (Å²) in [6.07, 6.45) is 0. The largest absolute Gasteiger partial charge is 0.292 e. The van der Waals surface area contributed by atoms with E-state index < -0.39 is 0 Å². The average molecular weight is 155 g/mol.